The number of rotatable bonds is 4. The maximum absolute atomic E-state index is 3.56. The molecule has 0 radical (unpaired) electrons. The molecule has 2 heteroatoms. The Morgan fingerprint density at radius 1 is 0.778 bits per heavy atom. The molecule has 0 spiro atoms. The predicted octanol–water partition coefficient (Wildman–Crippen LogP) is 9.32. The second-order valence-electron chi connectivity index (χ2n) is 10.1. The lowest BCUT2D eigenvalue weighted by molar-refractivity contribution is -0.401. The molecular formula is C34H47N2+. The predicted molar refractivity (Wildman–Crippen MR) is 161 cm³/mol. The van der Waals surface area contributed by atoms with E-state index in [2.05, 4.69) is 137 Å². The van der Waals surface area contributed by atoms with Crippen LogP contribution in [-0.2, 0) is 10.8 Å². The summed E-state index contributed by atoms with van der Waals surface area (Å²) in [5, 5.41) is 3.56. The summed E-state index contributed by atoms with van der Waals surface area (Å²) in [6.07, 6.45) is 15.0. The van der Waals surface area contributed by atoms with Gasteiger partial charge in [0.25, 0.3) is 0 Å². The number of benzene rings is 2. The van der Waals surface area contributed by atoms with Crippen LogP contribution in [0.5, 0.6) is 0 Å². The molecule has 192 valence electrons. The van der Waals surface area contributed by atoms with Gasteiger partial charge in [0.05, 0.1) is 5.41 Å². The molecule has 2 aromatic rings. The largest absolute Gasteiger partial charge is 0.358 e. The van der Waals surface area contributed by atoms with Crippen LogP contribution in [0.1, 0.15) is 77.6 Å². The van der Waals surface area contributed by atoms with E-state index in [1.54, 1.807) is 0 Å². The van der Waals surface area contributed by atoms with Gasteiger partial charge in [-0.15, -0.1) is 0 Å². The fraction of sp³-hybridized carbons (Fsp3) is 0.382. The molecule has 2 nitrogen and oxygen atoms in total. The summed E-state index contributed by atoms with van der Waals surface area (Å²) in [7, 11) is 2.18. The van der Waals surface area contributed by atoms with Crippen molar-refractivity contribution in [3.63, 3.8) is 0 Å². The lowest BCUT2D eigenvalue weighted by Gasteiger charge is -2.19. The first-order valence-electron chi connectivity index (χ1n) is 13.5. The van der Waals surface area contributed by atoms with Crippen molar-refractivity contribution in [2.45, 2.75) is 80.1 Å². The van der Waals surface area contributed by atoms with E-state index < -0.39 is 0 Å². The zero-order chi connectivity index (χ0) is 27.1. The third-order valence-corrected chi connectivity index (χ3v) is 6.95. The molecule has 1 N–H and O–H groups in total. The standard InChI is InChI=1S/C30H34N2.2C2H6/c1-21-19-22(2)28-25(20-21)32(7)27(30(28,5)6)18-12-10-8-9-11-17-26-29(3,4)23-15-13-14-16-24(23)31-26;2*1-2/h8-20H,1-7H3;2*1-2H3/p+1. The molecule has 0 amide bonds. The summed E-state index contributed by atoms with van der Waals surface area (Å²) in [5.41, 5.74) is 10.6. The Balaban J connectivity index is 0.00000109. The number of hydrogen-bond acceptors (Lipinski definition) is 1. The highest BCUT2D eigenvalue weighted by atomic mass is 15.0. The molecule has 2 aliphatic heterocycles. The minimum Gasteiger partial charge on any atom is -0.358 e. The number of para-hydroxylation sites is 1. The molecule has 36 heavy (non-hydrogen) atoms. The maximum atomic E-state index is 3.56. The van der Waals surface area contributed by atoms with Gasteiger partial charge in [-0.05, 0) is 56.5 Å². The highest BCUT2D eigenvalue weighted by molar-refractivity contribution is 6.03. The Morgan fingerprint density at radius 2 is 1.39 bits per heavy atom. The molecule has 4 rings (SSSR count). The minimum absolute atomic E-state index is 0.00119. The van der Waals surface area contributed by atoms with Crippen molar-refractivity contribution in [2.75, 3.05) is 12.4 Å². The Morgan fingerprint density at radius 3 is 2.06 bits per heavy atom. The first-order chi connectivity index (χ1) is 17.1. The van der Waals surface area contributed by atoms with Crippen LogP contribution in [0.25, 0.3) is 0 Å². The smallest absolute Gasteiger partial charge is 0.210 e. The lowest BCUT2D eigenvalue weighted by atomic mass is 9.79. The van der Waals surface area contributed by atoms with E-state index in [4.69, 9.17) is 0 Å². The molecule has 0 fully saturated rings. The van der Waals surface area contributed by atoms with Crippen molar-refractivity contribution in [2.24, 2.45) is 0 Å². The van der Waals surface area contributed by atoms with E-state index in [9.17, 15) is 0 Å². The number of nitrogens with zero attached hydrogens (tertiary/aromatic N) is 1. The highest BCUT2D eigenvalue weighted by Crippen LogP contribution is 2.43. The summed E-state index contributed by atoms with van der Waals surface area (Å²) in [6.45, 7) is 21.6. The molecule has 0 atom stereocenters. The minimum atomic E-state index is 0.00119. The van der Waals surface area contributed by atoms with E-state index >= 15 is 0 Å². The average molecular weight is 484 g/mol. The van der Waals surface area contributed by atoms with Crippen LogP contribution in [0.2, 0.25) is 0 Å². The third-order valence-electron chi connectivity index (χ3n) is 6.95. The fourth-order valence-electron chi connectivity index (χ4n) is 5.34. The van der Waals surface area contributed by atoms with Crippen LogP contribution in [0.15, 0.2) is 84.6 Å². The van der Waals surface area contributed by atoms with E-state index in [1.807, 2.05) is 27.7 Å². The Bertz CT molecular complexity index is 1210. The molecule has 2 heterocycles. The number of hydrogen-bond donors (Lipinski definition) is 1. The lowest BCUT2D eigenvalue weighted by Crippen LogP contribution is -2.27. The van der Waals surface area contributed by atoms with Gasteiger partial charge in [-0.3, -0.25) is 0 Å². The number of anilines is 1. The van der Waals surface area contributed by atoms with E-state index in [1.165, 1.54) is 45.0 Å². The van der Waals surface area contributed by atoms with Gasteiger partial charge in [-0.1, -0.05) is 96.2 Å². The van der Waals surface area contributed by atoms with Crippen LogP contribution in [0.4, 0.5) is 11.4 Å². The maximum Gasteiger partial charge on any atom is 0.210 e. The van der Waals surface area contributed by atoms with Crippen LogP contribution in [0, 0.1) is 13.8 Å². The van der Waals surface area contributed by atoms with Crippen molar-refractivity contribution in [3.05, 3.63) is 107 Å². The van der Waals surface area contributed by atoms with Gasteiger partial charge < -0.3 is 5.32 Å². The van der Waals surface area contributed by atoms with Gasteiger partial charge in [0, 0.05) is 34.5 Å². The van der Waals surface area contributed by atoms with Crippen LogP contribution >= 0.6 is 0 Å². The molecule has 0 aromatic heterocycles. The highest BCUT2D eigenvalue weighted by Gasteiger charge is 2.44. The fourth-order valence-corrected chi connectivity index (χ4v) is 5.34. The molecule has 0 bridgehead atoms. The number of allylic oxidation sites excluding steroid dienone is 8. The molecule has 0 aliphatic carbocycles. The van der Waals surface area contributed by atoms with Crippen molar-refractivity contribution < 1.29 is 4.58 Å². The summed E-state index contributed by atoms with van der Waals surface area (Å²) < 4.78 is 2.34. The Kier molecular flexibility index (Phi) is 9.87. The average Bonchev–Trinajstić information content (AvgIpc) is 3.22. The van der Waals surface area contributed by atoms with Gasteiger partial charge in [-0.25, -0.2) is 0 Å². The van der Waals surface area contributed by atoms with Crippen LogP contribution < -0.4 is 5.32 Å². The number of fused-ring (bicyclic) bond motifs is 2. The molecule has 0 saturated heterocycles. The van der Waals surface area contributed by atoms with Gasteiger partial charge in [0.2, 0.25) is 5.69 Å². The normalized spacial score (nSPS) is 18.1. The van der Waals surface area contributed by atoms with Crippen molar-refractivity contribution >= 4 is 17.1 Å². The molecule has 0 saturated carbocycles. The van der Waals surface area contributed by atoms with Gasteiger partial charge in [0.15, 0.2) is 5.71 Å². The van der Waals surface area contributed by atoms with Gasteiger partial charge >= 0.3 is 0 Å². The number of aryl methyl sites for hydroxylation is 2. The monoisotopic (exact) mass is 483 g/mol. The van der Waals surface area contributed by atoms with E-state index in [0.717, 1.165) is 0 Å². The molecule has 2 aliphatic rings. The van der Waals surface area contributed by atoms with E-state index in [-0.39, 0.29) is 10.8 Å². The molecular weight excluding hydrogens is 436 g/mol. The summed E-state index contributed by atoms with van der Waals surface area (Å²) >= 11 is 0. The quantitative estimate of drug-likeness (QED) is 0.338. The van der Waals surface area contributed by atoms with Crippen molar-refractivity contribution in [3.8, 4) is 0 Å². The second-order valence-corrected chi connectivity index (χ2v) is 10.1. The van der Waals surface area contributed by atoms with Crippen LogP contribution in [0.3, 0.4) is 0 Å². The number of nitrogens with one attached hydrogen (secondary N) is 1. The zero-order valence-electron chi connectivity index (χ0n) is 24.5. The summed E-state index contributed by atoms with van der Waals surface area (Å²) in [6, 6.07) is 13.1. The van der Waals surface area contributed by atoms with Crippen LogP contribution in [-0.4, -0.2) is 17.3 Å². The van der Waals surface area contributed by atoms with Gasteiger partial charge in [-0.2, -0.15) is 4.58 Å². The summed E-state index contributed by atoms with van der Waals surface area (Å²) in [5.74, 6) is 0. The molecule has 0 unspecified atom stereocenters. The topological polar surface area (TPSA) is 15.0 Å². The SMILES string of the molecule is CC.CC.Cc1cc(C)c2c(c1)[N+](C)=C(/C=C/C=C/C=C/C=C1\Nc3ccccc3C1(C)C)C2(C)C. The van der Waals surface area contributed by atoms with Crippen molar-refractivity contribution in [1.82, 2.24) is 0 Å². The first-order valence-corrected chi connectivity index (χ1v) is 13.5. The second kappa shape index (κ2) is 12.2. The Hall–Kier alpha value is -3.13. The molecule has 2 aromatic carbocycles. The summed E-state index contributed by atoms with van der Waals surface area (Å²) in [4.78, 5) is 0. The zero-order valence-corrected chi connectivity index (χ0v) is 24.5. The first kappa shape index (κ1) is 29.1. The van der Waals surface area contributed by atoms with Crippen molar-refractivity contribution in [1.29, 1.82) is 0 Å². The van der Waals surface area contributed by atoms with Gasteiger partial charge in [0.1, 0.15) is 7.05 Å². The third kappa shape index (κ3) is 5.64. The van der Waals surface area contributed by atoms with E-state index in [0.29, 0.717) is 0 Å². The Labute approximate surface area is 220 Å².